The minimum atomic E-state index is -4.06. The predicted octanol–water partition coefficient (Wildman–Crippen LogP) is 3.62. The summed E-state index contributed by atoms with van der Waals surface area (Å²) in [4.78, 5) is 12.5. The summed E-state index contributed by atoms with van der Waals surface area (Å²) in [6.45, 7) is 0.960. The summed E-state index contributed by atoms with van der Waals surface area (Å²) in [5.74, 6) is -4.75. The van der Waals surface area contributed by atoms with Crippen LogP contribution in [0.3, 0.4) is 0 Å². The lowest BCUT2D eigenvalue weighted by atomic mass is 9.84. The van der Waals surface area contributed by atoms with E-state index in [-0.39, 0.29) is 11.6 Å². The molecule has 0 aliphatic carbocycles. The number of benzene rings is 1. The van der Waals surface area contributed by atoms with Crippen molar-refractivity contribution in [1.82, 2.24) is 30.2 Å². The largest absolute Gasteiger partial charge is 0.437 e. The highest BCUT2D eigenvalue weighted by atomic mass is 19.3. The highest BCUT2D eigenvalue weighted by Gasteiger charge is 2.57. The zero-order valence-electron chi connectivity index (χ0n) is 19.8. The zero-order valence-corrected chi connectivity index (χ0v) is 19.8. The smallest absolute Gasteiger partial charge is 0.323 e. The molecular weight excluding hydrogens is 491 g/mol. The van der Waals surface area contributed by atoms with Crippen molar-refractivity contribution in [3.63, 3.8) is 0 Å². The Morgan fingerprint density at radius 2 is 1.95 bits per heavy atom. The topological polar surface area (TPSA) is 120 Å². The van der Waals surface area contributed by atoms with E-state index in [1.807, 2.05) is 0 Å². The maximum Gasteiger partial charge on any atom is 0.323 e. The molecule has 192 valence electrons. The minimum absolute atomic E-state index is 0.118. The van der Waals surface area contributed by atoms with Crippen molar-refractivity contribution in [3.8, 4) is 11.6 Å². The number of aryl methyl sites for hydroxylation is 1. The number of halogens is 3. The average molecular weight is 513 g/mol. The third-order valence-electron chi connectivity index (χ3n) is 5.54. The third-order valence-corrected chi connectivity index (χ3v) is 5.54. The Morgan fingerprint density at radius 1 is 1.11 bits per heavy atom. The Labute approximate surface area is 209 Å². The number of aromatic nitrogens is 6. The first kappa shape index (κ1) is 25.7. The number of nitrogens with zero attached hydrogens (tertiary/aromatic N) is 7. The van der Waals surface area contributed by atoms with Gasteiger partial charge in [0, 0.05) is 23.4 Å². The van der Waals surface area contributed by atoms with Crippen molar-refractivity contribution in [2.75, 3.05) is 7.11 Å². The monoisotopic (exact) mass is 513 g/mol. The van der Waals surface area contributed by atoms with Crippen molar-refractivity contribution < 1.29 is 27.9 Å². The van der Waals surface area contributed by atoms with Gasteiger partial charge in [0.15, 0.2) is 5.60 Å². The van der Waals surface area contributed by atoms with Gasteiger partial charge >= 0.3 is 5.92 Å². The summed E-state index contributed by atoms with van der Waals surface area (Å²) in [6.07, 6.45) is 5.51. The van der Waals surface area contributed by atoms with Crippen molar-refractivity contribution in [1.29, 1.82) is 0 Å². The molecular formula is C24H22F3N7O3. The molecule has 10 nitrogen and oxygen atoms in total. The Balaban J connectivity index is 1.64. The van der Waals surface area contributed by atoms with Crippen LogP contribution < -0.4 is 4.74 Å². The van der Waals surface area contributed by atoms with Gasteiger partial charge in [0.05, 0.1) is 19.0 Å². The van der Waals surface area contributed by atoms with Crippen LogP contribution in [-0.4, -0.2) is 48.6 Å². The summed E-state index contributed by atoms with van der Waals surface area (Å²) in [7, 11) is 1.41. The van der Waals surface area contributed by atoms with E-state index < -0.39 is 35.1 Å². The van der Waals surface area contributed by atoms with E-state index in [1.165, 1.54) is 31.7 Å². The molecule has 3 heterocycles. The molecule has 1 unspecified atom stereocenters. The van der Waals surface area contributed by atoms with Gasteiger partial charge in [-0.2, -0.15) is 8.78 Å². The average Bonchev–Trinajstić information content (AvgIpc) is 3.41. The third kappa shape index (κ3) is 5.40. The standard InChI is InChI=1S/C24H22F3N7O3/c1-3-16-4-7-19(20(25)10-16)23(35,14-34-15-30-32-33-34)24(26,27)21-8-6-18(13-28-21)37-22-9-5-17(11-29-22)12-31-36-2/h4-13,15,35H,3,14H2,1-2H3. The quantitative estimate of drug-likeness (QED) is 0.252. The maximum atomic E-state index is 15.9. The van der Waals surface area contributed by atoms with Gasteiger partial charge in [0.2, 0.25) is 5.88 Å². The van der Waals surface area contributed by atoms with Gasteiger partial charge in [-0.3, -0.25) is 4.98 Å². The number of tetrazole rings is 1. The molecule has 4 rings (SSSR count). The maximum absolute atomic E-state index is 15.9. The number of aliphatic hydroxyl groups is 1. The van der Waals surface area contributed by atoms with Crippen molar-refractivity contribution >= 4 is 6.21 Å². The van der Waals surface area contributed by atoms with Gasteiger partial charge in [-0.25, -0.2) is 14.1 Å². The number of hydrogen-bond acceptors (Lipinski definition) is 9. The Hall–Kier alpha value is -4.39. The second-order valence-corrected chi connectivity index (χ2v) is 7.94. The number of hydrogen-bond donors (Lipinski definition) is 1. The molecule has 0 saturated carbocycles. The summed E-state index contributed by atoms with van der Waals surface area (Å²) >= 11 is 0. The van der Waals surface area contributed by atoms with E-state index >= 15 is 8.78 Å². The molecule has 4 aromatic rings. The fraction of sp³-hybridized carbons (Fsp3) is 0.250. The second-order valence-electron chi connectivity index (χ2n) is 7.94. The highest BCUT2D eigenvalue weighted by Crippen LogP contribution is 2.47. The van der Waals surface area contributed by atoms with Crippen LogP contribution in [0, 0.1) is 5.82 Å². The Kier molecular flexibility index (Phi) is 7.43. The molecule has 1 aromatic carbocycles. The van der Waals surface area contributed by atoms with E-state index in [1.54, 1.807) is 19.1 Å². The molecule has 0 radical (unpaired) electrons. The van der Waals surface area contributed by atoms with Gasteiger partial charge in [-0.1, -0.05) is 24.2 Å². The summed E-state index contributed by atoms with van der Waals surface area (Å²) in [5.41, 5.74) is -3.26. The fourth-order valence-corrected chi connectivity index (χ4v) is 3.56. The van der Waals surface area contributed by atoms with Crippen LogP contribution in [0.15, 0.2) is 66.3 Å². The molecule has 13 heteroatoms. The van der Waals surface area contributed by atoms with Gasteiger partial charge in [-0.05, 0) is 46.7 Å². The van der Waals surface area contributed by atoms with Crippen molar-refractivity contribution in [2.24, 2.45) is 5.16 Å². The van der Waals surface area contributed by atoms with Crippen molar-refractivity contribution in [2.45, 2.75) is 31.4 Å². The molecule has 0 saturated heterocycles. The molecule has 0 fully saturated rings. The molecule has 37 heavy (non-hydrogen) atoms. The fourth-order valence-electron chi connectivity index (χ4n) is 3.56. The normalized spacial score (nSPS) is 13.5. The summed E-state index contributed by atoms with van der Waals surface area (Å²) in [6, 6.07) is 9.16. The first-order valence-electron chi connectivity index (χ1n) is 11.0. The van der Waals surface area contributed by atoms with Gasteiger partial charge in [0.25, 0.3) is 0 Å². The number of rotatable bonds is 10. The van der Waals surface area contributed by atoms with Crippen LogP contribution in [0.2, 0.25) is 0 Å². The SMILES string of the molecule is CCc1ccc(C(O)(Cn2cnnn2)C(F)(F)c2ccc(Oc3ccc(C=NOC)cn3)cn2)c(F)c1. The molecule has 1 N–H and O–H groups in total. The first-order chi connectivity index (χ1) is 17.8. The van der Waals surface area contributed by atoms with Gasteiger partial charge < -0.3 is 14.7 Å². The molecule has 0 amide bonds. The van der Waals surface area contributed by atoms with Crippen LogP contribution in [0.25, 0.3) is 0 Å². The molecule has 0 aliphatic rings. The first-order valence-corrected chi connectivity index (χ1v) is 11.0. The van der Waals surface area contributed by atoms with Crippen LogP contribution >= 0.6 is 0 Å². The molecule has 0 bridgehead atoms. The highest BCUT2D eigenvalue weighted by molar-refractivity contribution is 5.78. The Bertz CT molecular complexity index is 1350. The van der Waals surface area contributed by atoms with E-state index in [0.717, 1.165) is 35.4 Å². The van der Waals surface area contributed by atoms with E-state index in [4.69, 9.17) is 4.74 Å². The number of alkyl halides is 2. The van der Waals surface area contributed by atoms with E-state index in [2.05, 4.69) is 35.5 Å². The lowest BCUT2D eigenvalue weighted by Gasteiger charge is -2.35. The van der Waals surface area contributed by atoms with Gasteiger partial charge in [0.1, 0.15) is 30.7 Å². The number of ether oxygens (including phenoxy) is 1. The predicted molar refractivity (Wildman–Crippen MR) is 125 cm³/mol. The molecule has 1 atom stereocenters. The lowest BCUT2D eigenvalue weighted by molar-refractivity contribution is -0.207. The van der Waals surface area contributed by atoms with Crippen LogP contribution in [0.4, 0.5) is 13.2 Å². The van der Waals surface area contributed by atoms with Crippen LogP contribution in [0.5, 0.6) is 11.6 Å². The number of pyridine rings is 2. The number of oxime groups is 1. The van der Waals surface area contributed by atoms with E-state index in [9.17, 15) is 9.50 Å². The van der Waals surface area contributed by atoms with Crippen LogP contribution in [-0.2, 0) is 29.3 Å². The Morgan fingerprint density at radius 3 is 2.54 bits per heavy atom. The van der Waals surface area contributed by atoms with Crippen LogP contribution in [0.1, 0.15) is 29.3 Å². The molecule has 0 aliphatic heterocycles. The van der Waals surface area contributed by atoms with Gasteiger partial charge in [-0.15, -0.1) is 5.10 Å². The van der Waals surface area contributed by atoms with Crippen molar-refractivity contribution in [3.05, 3.63) is 89.4 Å². The minimum Gasteiger partial charge on any atom is -0.437 e. The summed E-state index contributed by atoms with van der Waals surface area (Å²) in [5, 5.41) is 25.4. The second kappa shape index (κ2) is 10.7. The van der Waals surface area contributed by atoms with E-state index in [0.29, 0.717) is 17.5 Å². The summed E-state index contributed by atoms with van der Waals surface area (Å²) < 4.78 is 53.3. The molecule has 3 aromatic heterocycles. The molecule has 0 spiro atoms. The zero-order chi connectivity index (χ0) is 26.5. The lowest BCUT2D eigenvalue weighted by Crippen LogP contribution is -2.48.